The Morgan fingerprint density at radius 3 is 2.63 bits per heavy atom. The molecule has 2 fully saturated rings. The third-order valence-electron chi connectivity index (χ3n) is 7.35. The van der Waals surface area contributed by atoms with Gasteiger partial charge in [-0.05, 0) is 49.9 Å². The lowest BCUT2D eigenvalue weighted by atomic mass is 9.81. The highest BCUT2D eigenvalue weighted by atomic mass is 16.5. The van der Waals surface area contributed by atoms with E-state index in [4.69, 9.17) is 9.26 Å². The van der Waals surface area contributed by atoms with E-state index < -0.39 is 0 Å². The summed E-state index contributed by atoms with van der Waals surface area (Å²) in [5.74, 6) is 2.67. The molecule has 0 spiro atoms. The van der Waals surface area contributed by atoms with E-state index in [1.54, 1.807) is 7.11 Å². The number of aromatic nitrogens is 1. The van der Waals surface area contributed by atoms with E-state index in [1.807, 2.05) is 59.5 Å². The van der Waals surface area contributed by atoms with Gasteiger partial charge in [0, 0.05) is 44.2 Å². The number of carbonyl (C=O) groups excluding carboxylic acids is 1. The minimum Gasteiger partial charge on any atom is -0.495 e. The summed E-state index contributed by atoms with van der Waals surface area (Å²) >= 11 is 0. The lowest BCUT2D eigenvalue weighted by Gasteiger charge is -2.38. The molecule has 2 saturated heterocycles. The van der Waals surface area contributed by atoms with Crippen molar-refractivity contribution in [1.82, 2.24) is 15.4 Å². The maximum Gasteiger partial charge on any atom is 0.222 e. The average Bonchev–Trinajstić information content (AvgIpc) is 3.39. The maximum absolute atomic E-state index is 13.2. The zero-order chi connectivity index (χ0) is 24.0. The summed E-state index contributed by atoms with van der Waals surface area (Å²) in [7, 11) is 1.70. The van der Waals surface area contributed by atoms with E-state index >= 15 is 0 Å². The van der Waals surface area contributed by atoms with Crippen molar-refractivity contribution in [3.05, 3.63) is 66.4 Å². The lowest BCUT2D eigenvalue weighted by molar-refractivity contribution is -0.133. The number of rotatable bonds is 7. The SMILES string of the molecule is COc1ccccc1N1CCN(C(=O)CC2CCNCC2Cc2cc(-c3ccccc3)on2)CC1. The van der Waals surface area contributed by atoms with Gasteiger partial charge in [0.1, 0.15) is 5.75 Å². The first-order valence-electron chi connectivity index (χ1n) is 12.6. The number of methoxy groups -OCH3 is 1. The maximum atomic E-state index is 13.2. The van der Waals surface area contributed by atoms with Crippen molar-refractivity contribution in [3.63, 3.8) is 0 Å². The van der Waals surface area contributed by atoms with Crippen LogP contribution in [0.4, 0.5) is 5.69 Å². The monoisotopic (exact) mass is 474 g/mol. The number of nitrogens with zero attached hydrogens (tertiary/aromatic N) is 3. The zero-order valence-corrected chi connectivity index (χ0v) is 20.4. The molecule has 35 heavy (non-hydrogen) atoms. The van der Waals surface area contributed by atoms with Crippen molar-refractivity contribution in [3.8, 4) is 17.1 Å². The van der Waals surface area contributed by atoms with Gasteiger partial charge in [-0.25, -0.2) is 0 Å². The van der Waals surface area contributed by atoms with E-state index in [-0.39, 0.29) is 5.91 Å². The van der Waals surface area contributed by atoms with Crippen molar-refractivity contribution >= 4 is 11.6 Å². The Morgan fingerprint density at radius 2 is 1.83 bits per heavy atom. The van der Waals surface area contributed by atoms with Crippen molar-refractivity contribution in [2.45, 2.75) is 19.3 Å². The van der Waals surface area contributed by atoms with Crippen LogP contribution in [0, 0.1) is 11.8 Å². The fraction of sp³-hybridized carbons (Fsp3) is 0.429. The van der Waals surface area contributed by atoms with Crippen LogP contribution in [0.15, 0.2) is 65.2 Å². The van der Waals surface area contributed by atoms with Gasteiger partial charge in [-0.1, -0.05) is 47.6 Å². The van der Waals surface area contributed by atoms with Crippen LogP contribution in [0.1, 0.15) is 18.5 Å². The minimum absolute atomic E-state index is 0.270. The van der Waals surface area contributed by atoms with E-state index in [2.05, 4.69) is 21.4 Å². The van der Waals surface area contributed by atoms with Gasteiger partial charge in [0.15, 0.2) is 5.76 Å². The van der Waals surface area contributed by atoms with Crippen LogP contribution in [0.3, 0.4) is 0 Å². The molecule has 7 heteroatoms. The Hall–Kier alpha value is -3.32. The molecule has 7 nitrogen and oxygen atoms in total. The summed E-state index contributed by atoms with van der Waals surface area (Å²) in [6, 6.07) is 20.2. The number of nitrogens with one attached hydrogen (secondary N) is 1. The Morgan fingerprint density at radius 1 is 1.06 bits per heavy atom. The van der Waals surface area contributed by atoms with E-state index in [0.29, 0.717) is 18.3 Å². The fourth-order valence-electron chi connectivity index (χ4n) is 5.34. The molecule has 2 aliphatic heterocycles. The van der Waals surface area contributed by atoms with Crippen LogP contribution < -0.4 is 15.0 Å². The van der Waals surface area contributed by atoms with E-state index in [0.717, 1.165) is 80.6 Å². The summed E-state index contributed by atoms with van der Waals surface area (Å²) in [5, 5.41) is 7.84. The highest BCUT2D eigenvalue weighted by Crippen LogP contribution is 2.30. The standard InChI is InChI=1S/C28H34N4O3/c1-34-26-10-6-5-9-25(26)31-13-15-32(16-14-31)28(33)18-22-11-12-29-20-23(22)17-24-19-27(35-30-24)21-7-3-2-4-8-21/h2-10,19,22-23,29H,11-18,20H2,1H3. The molecule has 0 bridgehead atoms. The topological polar surface area (TPSA) is 70.8 Å². The zero-order valence-electron chi connectivity index (χ0n) is 20.4. The number of piperazine rings is 1. The first kappa shape index (κ1) is 23.4. The number of ether oxygens (including phenoxy) is 1. The molecule has 0 aliphatic carbocycles. The predicted octanol–water partition coefficient (Wildman–Crippen LogP) is 3.86. The molecule has 2 atom stereocenters. The van der Waals surface area contributed by atoms with Gasteiger partial charge in [0.2, 0.25) is 5.91 Å². The van der Waals surface area contributed by atoms with Gasteiger partial charge < -0.3 is 24.4 Å². The molecule has 2 unspecified atom stereocenters. The molecular formula is C28H34N4O3. The van der Waals surface area contributed by atoms with Crippen LogP contribution in [0.2, 0.25) is 0 Å². The first-order valence-corrected chi connectivity index (χ1v) is 12.6. The summed E-state index contributed by atoms with van der Waals surface area (Å²) < 4.78 is 11.1. The van der Waals surface area contributed by atoms with E-state index in [1.165, 1.54) is 0 Å². The van der Waals surface area contributed by atoms with Crippen LogP contribution in [-0.4, -0.2) is 62.3 Å². The third-order valence-corrected chi connectivity index (χ3v) is 7.35. The van der Waals surface area contributed by atoms with Crippen LogP contribution in [-0.2, 0) is 11.2 Å². The number of hydrogen-bond acceptors (Lipinski definition) is 6. The molecule has 1 amide bonds. The van der Waals surface area contributed by atoms with Crippen LogP contribution >= 0.6 is 0 Å². The van der Waals surface area contributed by atoms with Crippen molar-refractivity contribution in [2.24, 2.45) is 11.8 Å². The summed E-state index contributed by atoms with van der Waals surface area (Å²) in [5.41, 5.74) is 3.09. The van der Waals surface area contributed by atoms with Crippen molar-refractivity contribution in [2.75, 3.05) is 51.3 Å². The quantitative estimate of drug-likeness (QED) is 0.561. The molecule has 0 radical (unpaired) electrons. The van der Waals surface area contributed by atoms with Crippen molar-refractivity contribution in [1.29, 1.82) is 0 Å². The van der Waals surface area contributed by atoms with Gasteiger partial charge in [-0.3, -0.25) is 4.79 Å². The molecule has 1 N–H and O–H groups in total. The Kier molecular flexibility index (Phi) is 7.33. The van der Waals surface area contributed by atoms with Gasteiger partial charge in [0.25, 0.3) is 0 Å². The second-order valence-corrected chi connectivity index (χ2v) is 9.51. The van der Waals surface area contributed by atoms with Gasteiger partial charge >= 0.3 is 0 Å². The molecule has 3 aromatic rings. The van der Waals surface area contributed by atoms with Gasteiger partial charge in [-0.2, -0.15) is 0 Å². The van der Waals surface area contributed by atoms with Gasteiger partial charge in [-0.15, -0.1) is 0 Å². The second kappa shape index (κ2) is 11.0. The Bertz CT molecular complexity index is 1110. The highest BCUT2D eigenvalue weighted by molar-refractivity contribution is 5.77. The average molecular weight is 475 g/mol. The molecule has 2 aliphatic rings. The van der Waals surface area contributed by atoms with E-state index in [9.17, 15) is 4.79 Å². The number of benzene rings is 2. The third kappa shape index (κ3) is 5.51. The predicted molar refractivity (Wildman–Crippen MR) is 137 cm³/mol. The molecule has 184 valence electrons. The fourth-order valence-corrected chi connectivity index (χ4v) is 5.34. The highest BCUT2D eigenvalue weighted by Gasteiger charge is 2.31. The number of anilines is 1. The smallest absolute Gasteiger partial charge is 0.222 e. The largest absolute Gasteiger partial charge is 0.495 e. The molecule has 1 aromatic heterocycles. The van der Waals surface area contributed by atoms with Crippen LogP contribution in [0.25, 0.3) is 11.3 Å². The number of hydrogen-bond donors (Lipinski definition) is 1. The second-order valence-electron chi connectivity index (χ2n) is 9.51. The normalized spacial score (nSPS) is 20.6. The molecule has 2 aromatic carbocycles. The Balaban J connectivity index is 1.17. The minimum atomic E-state index is 0.270. The number of piperidine rings is 1. The molecular weight excluding hydrogens is 440 g/mol. The summed E-state index contributed by atoms with van der Waals surface area (Å²) in [6.45, 7) is 5.01. The number of para-hydroxylation sites is 2. The molecule has 5 rings (SSSR count). The summed E-state index contributed by atoms with van der Waals surface area (Å²) in [4.78, 5) is 17.6. The first-order chi connectivity index (χ1) is 17.2. The van der Waals surface area contributed by atoms with Gasteiger partial charge in [0.05, 0.1) is 18.5 Å². The summed E-state index contributed by atoms with van der Waals surface area (Å²) in [6.07, 6.45) is 2.44. The number of carbonyl (C=O) groups is 1. The molecule has 3 heterocycles. The molecule has 0 saturated carbocycles. The van der Waals surface area contributed by atoms with Crippen LogP contribution in [0.5, 0.6) is 5.75 Å². The lowest BCUT2D eigenvalue weighted by Crippen LogP contribution is -2.50. The Labute approximate surface area is 207 Å². The van der Waals surface area contributed by atoms with Crippen molar-refractivity contribution < 1.29 is 14.1 Å². The number of amides is 1.